The van der Waals surface area contributed by atoms with Gasteiger partial charge in [-0.15, -0.1) is 0 Å². The molecule has 4 heteroatoms. The monoisotopic (exact) mass is 119 g/mol. The number of rotatable bonds is 2. The highest BCUT2D eigenvalue weighted by Gasteiger charge is 2.20. The summed E-state index contributed by atoms with van der Waals surface area (Å²) in [5.41, 5.74) is 0. The zero-order valence-corrected chi connectivity index (χ0v) is 4.33. The van der Waals surface area contributed by atoms with E-state index in [1.165, 1.54) is 6.92 Å². The highest BCUT2D eigenvalue weighted by Crippen LogP contribution is 1.99. The van der Waals surface area contributed by atoms with Crippen molar-refractivity contribution in [3.05, 3.63) is 6.10 Å². The van der Waals surface area contributed by atoms with Crippen LogP contribution in [-0.4, -0.2) is 27.4 Å². The summed E-state index contributed by atoms with van der Waals surface area (Å²) in [6, 6.07) is 0. The zero-order chi connectivity index (χ0) is 6.73. The Labute approximate surface area is 46.4 Å². The quantitative estimate of drug-likeness (QED) is 0.451. The SMILES string of the molecule is CC(O)[C](O)C(=O)O. The van der Waals surface area contributed by atoms with E-state index in [-0.39, 0.29) is 0 Å². The summed E-state index contributed by atoms with van der Waals surface area (Å²) in [6.45, 7) is 1.17. The van der Waals surface area contributed by atoms with E-state index >= 15 is 0 Å². The number of aliphatic hydroxyl groups is 2. The van der Waals surface area contributed by atoms with Crippen LogP contribution in [-0.2, 0) is 4.79 Å². The molecule has 0 aromatic heterocycles. The van der Waals surface area contributed by atoms with Gasteiger partial charge in [0.2, 0.25) is 6.10 Å². The van der Waals surface area contributed by atoms with Crippen molar-refractivity contribution in [2.45, 2.75) is 13.0 Å². The molecule has 0 aliphatic rings. The van der Waals surface area contributed by atoms with Gasteiger partial charge in [-0.05, 0) is 6.92 Å². The van der Waals surface area contributed by atoms with Gasteiger partial charge in [0.25, 0.3) is 0 Å². The predicted octanol–water partition coefficient (Wildman–Crippen LogP) is -0.644. The molecule has 0 fully saturated rings. The molecule has 1 radical (unpaired) electrons. The molecule has 0 amide bonds. The third-order valence-corrected chi connectivity index (χ3v) is 0.615. The summed E-state index contributed by atoms with van der Waals surface area (Å²) >= 11 is 0. The molecule has 0 saturated carbocycles. The molecule has 0 aliphatic carbocycles. The zero-order valence-electron chi connectivity index (χ0n) is 4.33. The van der Waals surface area contributed by atoms with Gasteiger partial charge in [-0.2, -0.15) is 0 Å². The third-order valence-electron chi connectivity index (χ3n) is 0.615. The average Bonchev–Trinajstić information content (AvgIpc) is 1.64. The minimum atomic E-state index is -1.49. The second-order valence-corrected chi connectivity index (χ2v) is 1.37. The summed E-state index contributed by atoms with van der Waals surface area (Å²) in [5.74, 6) is -1.49. The first-order valence-corrected chi connectivity index (χ1v) is 2.03. The molecule has 0 aromatic carbocycles. The second kappa shape index (κ2) is 2.64. The molecule has 0 aliphatic heterocycles. The first kappa shape index (κ1) is 7.39. The lowest BCUT2D eigenvalue weighted by Crippen LogP contribution is -2.22. The molecule has 0 aromatic rings. The molecular formula is C4H7O4. The number of carboxylic acid groups (broad SMARTS) is 1. The number of hydrogen-bond donors (Lipinski definition) is 3. The molecule has 47 valence electrons. The number of carbonyl (C=O) groups is 1. The van der Waals surface area contributed by atoms with Gasteiger partial charge in [0.1, 0.15) is 0 Å². The van der Waals surface area contributed by atoms with Crippen LogP contribution >= 0.6 is 0 Å². The van der Waals surface area contributed by atoms with Gasteiger partial charge in [-0.25, -0.2) is 4.79 Å². The molecule has 0 spiro atoms. The van der Waals surface area contributed by atoms with Crippen LogP contribution in [0.25, 0.3) is 0 Å². The second-order valence-electron chi connectivity index (χ2n) is 1.37. The summed E-state index contributed by atoms with van der Waals surface area (Å²) < 4.78 is 0. The van der Waals surface area contributed by atoms with Crippen LogP contribution in [0, 0.1) is 6.10 Å². The molecule has 1 unspecified atom stereocenters. The lowest BCUT2D eigenvalue weighted by Gasteiger charge is -2.03. The van der Waals surface area contributed by atoms with Gasteiger partial charge >= 0.3 is 5.97 Å². The van der Waals surface area contributed by atoms with E-state index in [0.29, 0.717) is 0 Å². The van der Waals surface area contributed by atoms with E-state index in [0.717, 1.165) is 0 Å². The Bertz CT molecular complexity index is 88.0. The minimum absolute atomic E-state index is 0.926. The topological polar surface area (TPSA) is 77.8 Å². The van der Waals surface area contributed by atoms with E-state index in [2.05, 4.69) is 0 Å². The van der Waals surface area contributed by atoms with Crippen molar-refractivity contribution in [2.75, 3.05) is 0 Å². The maximum atomic E-state index is 9.69. The van der Waals surface area contributed by atoms with E-state index in [1.807, 2.05) is 0 Å². The van der Waals surface area contributed by atoms with Crippen molar-refractivity contribution < 1.29 is 20.1 Å². The average molecular weight is 119 g/mol. The predicted molar refractivity (Wildman–Crippen MR) is 24.5 cm³/mol. The Morgan fingerprint density at radius 3 is 1.88 bits per heavy atom. The molecule has 8 heavy (non-hydrogen) atoms. The van der Waals surface area contributed by atoms with Crippen molar-refractivity contribution in [3.63, 3.8) is 0 Å². The fourth-order valence-corrected chi connectivity index (χ4v) is 0.179. The van der Waals surface area contributed by atoms with Gasteiger partial charge in [0.05, 0.1) is 6.10 Å². The molecule has 0 saturated heterocycles. The molecule has 0 rings (SSSR count). The van der Waals surface area contributed by atoms with Crippen molar-refractivity contribution in [2.24, 2.45) is 0 Å². The Balaban J connectivity index is 3.64. The highest BCUT2D eigenvalue weighted by molar-refractivity contribution is 5.80. The number of carboxylic acids is 1. The normalized spacial score (nSPS) is 14.0. The first-order valence-electron chi connectivity index (χ1n) is 2.03. The van der Waals surface area contributed by atoms with Crippen LogP contribution < -0.4 is 0 Å². The Morgan fingerprint density at radius 1 is 1.50 bits per heavy atom. The Kier molecular flexibility index (Phi) is 2.44. The van der Waals surface area contributed by atoms with Crippen LogP contribution in [0.2, 0.25) is 0 Å². The molecule has 3 N–H and O–H groups in total. The van der Waals surface area contributed by atoms with E-state index in [1.54, 1.807) is 0 Å². The number of aliphatic carboxylic acids is 1. The fourth-order valence-electron chi connectivity index (χ4n) is 0.179. The molecule has 0 heterocycles. The fraction of sp³-hybridized carbons (Fsp3) is 0.500. The standard InChI is InChI=1S/C4H7O4/c1-2(5)3(6)4(7)8/h2,5-6H,1H3,(H,7,8). The largest absolute Gasteiger partial charge is 0.479 e. The van der Waals surface area contributed by atoms with E-state index in [4.69, 9.17) is 15.3 Å². The van der Waals surface area contributed by atoms with Gasteiger partial charge in [-0.1, -0.05) is 0 Å². The van der Waals surface area contributed by atoms with Crippen molar-refractivity contribution in [1.29, 1.82) is 0 Å². The first-order chi connectivity index (χ1) is 3.55. The van der Waals surface area contributed by atoms with Gasteiger partial charge in [-0.3, -0.25) is 0 Å². The van der Waals surface area contributed by atoms with Gasteiger partial charge in [0, 0.05) is 0 Å². The van der Waals surface area contributed by atoms with Crippen LogP contribution in [0.1, 0.15) is 6.92 Å². The van der Waals surface area contributed by atoms with Gasteiger partial charge in [0.15, 0.2) is 0 Å². The smallest absolute Gasteiger partial charge is 0.342 e. The number of hydrogen-bond acceptors (Lipinski definition) is 3. The summed E-state index contributed by atoms with van der Waals surface area (Å²) in [5, 5.41) is 24.5. The lowest BCUT2D eigenvalue weighted by atomic mass is 10.2. The van der Waals surface area contributed by atoms with Gasteiger partial charge < -0.3 is 15.3 Å². The number of aliphatic hydroxyl groups excluding tert-OH is 2. The lowest BCUT2D eigenvalue weighted by molar-refractivity contribution is -0.142. The maximum Gasteiger partial charge on any atom is 0.342 e. The summed E-state index contributed by atoms with van der Waals surface area (Å²) in [6.07, 6.45) is -2.21. The Morgan fingerprint density at radius 2 is 1.88 bits per heavy atom. The Hall–Kier alpha value is -0.610. The molecule has 1 atom stereocenters. The molecule has 0 bridgehead atoms. The van der Waals surface area contributed by atoms with E-state index < -0.39 is 18.2 Å². The van der Waals surface area contributed by atoms with E-state index in [9.17, 15) is 4.79 Å². The maximum absolute atomic E-state index is 9.69. The summed E-state index contributed by atoms with van der Waals surface area (Å²) in [4.78, 5) is 9.69. The van der Waals surface area contributed by atoms with Crippen molar-refractivity contribution >= 4 is 5.97 Å². The summed E-state index contributed by atoms with van der Waals surface area (Å²) in [7, 11) is 0. The van der Waals surface area contributed by atoms with Crippen molar-refractivity contribution in [3.8, 4) is 0 Å². The van der Waals surface area contributed by atoms with Crippen LogP contribution in [0.5, 0.6) is 0 Å². The van der Waals surface area contributed by atoms with Crippen LogP contribution in [0.4, 0.5) is 0 Å². The minimum Gasteiger partial charge on any atom is -0.479 e. The van der Waals surface area contributed by atoms with Crippen molar-refractivity contribution in [1.82, 2.24) is 0 Å². The highest BCUT2D eigenvalue weighted by atomic mass is 16.4. The third kappa shape index (κ3) is 1.90. The van der Waals surface area contributed by atoms with Crippen LogP contribution in [0.15, 0.2) is 0 Å². The molecular weight excluding hydrogens is 112 g/mol. The van der Waals surface area contributed by atoms with Crippen LogP contribution in [0.3, 0.4) is 0 Å². The molecule has 4 nitrogen and oxygen atoms in total.